The van der Waals surface area contributed by atoms with Crippen molar-refractivity contribution < 1.29 is 13.2 Å². The lowest BCUT2D eigenvalue weighted by Crippen LogP contribution is -2.54. The number of benzene rings is 1. The molecule has 0 aromatic heterocycles. The Morgan fingerprint density at radius 3 is 2.38 bits per heavy atom. The van der Waals surface area contributed by atoms with Crippen LogP contribution >= 0.6 is 0 Å². The van der Waals surface area contributed by atoms with Crippen LogP contribution in [-0.4, -0.2) is 58.0 Å². The van der Waals surface area contributed by atoms with Crippen LogP contribution in [0.25, 0.3) is 0 Å². The third-order valence-electron chi connectivity index (χ3n) is 4.14. The van der Waals surface area contributed by atoms with Crippen molar-refractivity contribution in [1.29, 1.82) is 0 Å². The fourth-order valence-electron chi connectivity index (χ4n) is 2.67. The molecule has 1 aliphatic rings. The second-order valence-electron chi connectivity index (χ2n) is 5.66. The molecule has 1 fully saturated rings. The van der Waals surface area contributed by atoms with Gasteiger partial charge in [-0.2, -0.15) is 0 Å². The van der Waals surface area contributed by atoms with Gasteiger partial charge in [-0.25, -0.2) is 13.6 Å². The van der Waals surface area contributed by atoms with Crippen molar-refractivity contribution in [1.82, 2.24) is 10.2 Å². The van der Waals surface area contributed by atoms with Crippen LogP contribution < -0.4 is 15.4 Å². The fraction of sp³-hybridized carbons (Fsp3) is 0.438. The number of sulfonamides is 1. The molecule has 1 unspecified atom stereocenters. The van der Waals surface area contributed by atoms with Gasteiger partial charge < -0.3 is 10.2 Å². The van der Waals surface area contributed by atoms with Crippen LogP contribution in [0.2, 0.25) is 0 Å². The minimum Gasteiger partial charge on any atom is -0.369 e. The van der Waals surface area contributed by atoms with Crippen molar-refractivity contribution in [3.8, 4) is 12.3 Å². The second kappa shape index (κ2) is 7.66. The van der Waals surface area contributed by atoms with E-state index in [4.69, 9.17) is 11.6 Å². The van der Waals surface area contributed by atoms with Gasteiger partial charge in [-0.05, 0) is 31.2 Å². The minimum absolute atomic E-state index is 0.0705. The highest BCUT2D eigenvalue weighted by molar-refractivity contribution is 7.89. The van der Waals surface area contributed by atoms with Crippen LogP contribution in [-0.2, 0) is 14.8 Å². The molecule has 1 saturated heterocycles. The normalized spacial score (nSPS) is 17.1. The molecule has 0 spiro atoms. The van der Waals surface area contributed by atoms with Gasteiger partial charge in [0.1, 0.15) is 0 Å². The van der Waals surface area contributed by atoms with E-state index >= 15 is 0 Å². The predicted octanol–water partition coefficient (Wildman–Crippen LogP) is -0.406. The summed E-state index contributed by atoms with van der Waals surface area (Å²) in [6.07, 6.45) is 5.14. The van der Waals surface area contributed by atoms with E-state index in [0.717, 1.165) is 31.9 Å². The van der Waals surface area contributed by atoms with Crippen LogP contribution in [0.3, 0.4) is 0 Å². The lowest BCUT2D eigenvalue weighted by Gasteiger charge is -2.38. The molecular weight excluding hydrogens is 328 g/mol. The van der Waals surface area contributed by atoms with E-state index in [-0.39, 0.29) is 23.4 Å². The smallest absolute Gasteiger partial charge is 0.238 e. The summed E-state index contributed by atoms with van der Waals surface area (Å²) in [6.45, 7) is 5.08. The summed E-state index contributed by atoms with van der Waals surface area (Å²) in [5.74, 6) is 2.32. The Morgan fingerprint density at radius 1 is 1.29 bits per heavy atom. The van der Waals surface area contributed by atoms with Gasteiger partial charge in [-0.15, -0.1) is 6.42 Å². The Bertz CT molecular complexity index is 717. The lowest BCUT2D eigenvalue weighted by atomic mass is 10.2. The van der Waals surface area contributed by atoms with E-state index in [1.807, 2.05) is 6.92 Å². The first-order valence-electron chi connectivity index (χ1n) is 7.66. The van der Waals surface area contributed by atoms with Gasteiger partial charge in [0.25, 0.3) is 0 Å². The van der Waals surface area contributed by atoms with E-state index in [2.05, 4.69) is 21.0 Å². The van der Waals surface area contributed by atoms with Crippen molar-refractivity contribution in [3.05, 3.63) is 24.3 Å². The third kappa shape index (κ3) is 4.47. The molecule has 0 saturated carbocycles. The number of nitrogens with one attached hydrogen (secondary N) is 1. The molecule has 0 radical (unpaired) electrons. The molecule has 1 aliphatic heterocycles. The Hall–Kier alpha value is -2.08. The molecule has 0 bridgehead atoms. The van der Waals surface area contributed by atoms with Crippen molar-refractivity contribution >= 4 is 21.6 Å². The summed E-state index contributed by atoms with van der Waals surface area (Å²) < 4.78 is 22.6. The topological polar surface area (TPSA) is 95.7 Å². The van der Waals surface area contributed by atoms with Crippen LogP contribution in [0.1, 0.15) is 6.92 Å². The first-order chi connectivity index (χ1) is 11.3. The number of nitrogens with zero attached hydrogens (tertiary/aromatic N) is 2. The van der Waals surface area contributed by atoms with Crippen LogP contribution in [0.4, 0.5) is 5.69 Å². The van der Waals surface area contributed by atoms with E-state index in [0.29, 0.717) is 0 Å². The fourth-order valence-corrected chi connectivity index (χ4v) is 3.18. The summed E-state index contributed by atoms with van der Waals surface area (Å²) in [6, 6.07) is 6.28. The Morgan fingerprint density at radius 2 is 1.88 bits per heavy atom. The number of hydrogen-bond acceptors (Lipinski definition) is 5. The van der Waals surface area contributed by atoms with E-state index < -0.39 is 10.0 Å². The first-order valence-corrected chi connectivity index (χ1v) is 9.20. The quantitative estimate of drug-likeness (QED) is 0.704. The molecule has 130 valence electrons. The number of terminal acetylenes is 1. The maximum Gasteiger partial charge on any atom is 0.238 e. The highest BCUT2D eigenvalue weighted by Gasteiger charge is 2.25. The number of carbonyl (C=O) groups is 1. The number of carbonyl (C=O) groups excluding carboxylic acids is 1. The van der Waals surface area contributed by atoms with Crippen LogP contribution in [0, 0.1) is 12.3 Å². The monoisotopic (exact) mass is 350 g/mol. The molecular formula is C16H22N4O3S. The highest BCUT2D eigenvalue weighted by atomic mass is 32.2. The Kier molecular flexibility index (Phi) is 5.83. The number of piperazine rings is 1. The summed E-state index contributed by atoms with van der Waals surface area (Å²) in [4.78, 5) is 16.3. The predicted molar refractivity (Wildman–Crippen MR) is 92.9 cm³/mol. The summed E-state index contributed by atoms with van der Waals surface area (Å²) in [7, 11) is -3.67. The Labute approximate surface area is 142 Å². The van der Waals surface area contributed by atoms with Crippen molar-refractivity contribution in [2.45, 2.75) is 17.9 Å². The Balaban J connectivity index is 1.93. The average Bonchev–Trinajstić information content (AvgIpc) is 2.58. The largest absolute Gasteiger partial charge is 0.369 e. The minimum atomic E-state index is -3.67. The summed E-state index contributed by atoms with van der Waals surface area (Å²) >= 11 is 0. The van der Waals surface area contributed by atoms with Gasteiger partial charge in [-0.3, -0.25) is 9.69 Å². The number of anilines is 1. The average molecular weight is 350 g/mol. The molecule has 3 N–H and O–H groups in total. The second-order valence-corrected chi connectivity index (χ2v) is 7.22. The summed E-state index contributed by atoms with van der Waals surface area (Å²) in [5, 5.41) is 7.80. The molecule has 1 amide bonds. The van der Waals surface area contributed by atoms with Gasteiger partial charge in [0.2, 0.25) is 15.9 Å². The van der Waals surface area contributed by atoms with Crippen molar-refractivity contribution in [2.24, 2.45) is 5.14 Å². The molecule has 2 rings (SSSR count). The van der Waals surface area contributed by atoms with Gasteiger partial charge in [0.15, 0.2) is 0 Å². The molecule has 0 aliphatic carbocycles. The van der Waals surface area contributed by atoms with Gasteiger partial charge >= 0.3 is 0 Å². The molecule has 7 nitrogen and oxygen atoms in total. The molecule has 8 heteroatoms. The van der Waals surface area contributed by atoms with E-state index in [9.17, 15) is 13.2 Å². The molecule has 1 aromatic rings. The van der Waals surface area contributed by atoms with Gasteiger partial charge in [0.05, 0.1) is 17.5 Å². The third-order valence-corrected chi connectivity index (χ3v) is 5.07. The van der Waals surface area contributed by atoms with Gasteiger partial charge in [-0.1, -0.05) is 5.92 Å². The zero-order valence-electron chi connectivity index (χ0n) is 13.6. The van der Waals surface area contributed by atoms with E-state index in [1.165, 1.54) is 12.1 Å². The SMILES string of the molecule is C#CCNC(=O)C(C)N1CCN(c2ccc(S(N)(=O)=O)cc2)CC1. The highest BCUT2D eigenvalue weighted by Crippen LogP contribution is 2.19. The molecule has 24 heavy (non-hydrogen) atoms. The standard InChI is InChI=1S/C16H22N4O3S/c1-3-8-18-16(21)13(2)19-9-11-20(12-10-19)14-4-6-15(7-5-14)24(17,22)23/h1,4-7,13H,8-12H2,2H3,(H,18,21)(H2,17,22,23). The number of primary sulfonamides is 1. The number of amides is 1. The number of rotatable bonds is 5. The van der Waals surface area contributed by atoms with E-state index in [1.54, 1.807) is 12.1 Å². The summed E-state index contributed by atoms with van der Waals surface area (Å²) in [5.41, 5.74) is 0.937. The van der Waals surface area contributed by atoms with Gasteiger partial charge in [0, 0.05) is 31.9 Å². The number of hydrogen-bond donors (Lipinski definition) is 2. The zero-order chi connectivity index (χ0) is 17.7. The maximum absolute atomic E-state index is 12.0. The van der Waals surface area contributed by atoms with Crippen LogP contribution in [0.5, 0.6) is 0 Å². The first kappa shape index (κ1) is 18.3. The number of nitrogens with two attached hydrogens (primary N) is 1. The molecule has 1 atom stereocenters. The zero-order valence-corrected chi connectivity index (χ0v) is 14.4. The van der Waals surface area contributed by atoms with Crippen molar-refractivity contribution in [2.75, 3.05) is 37.6 Å². The lowest BCUT2D eigenvalue weighted by molar-refractivity contribution is -0.125. The molecule has 1 heterocycles. The van der Waals surface area contributed by atoms with Crippen LogP contribution in [0.15, 0.2) is 29.2 Å². The molecule has 1 aromatic carbocycles. The maximum atomic E-state index is 12.0. The van der Waals surface area contributed by atoms with Crippen molar-refractivity contribution in [3.63, 3.8) is 0 Å².